The topological polar surface area (TPSA) is 88.3 Å². The zero-order valence-electron chi connectivity index (χ0n) is 11.5. The number of nitrogens with one attached hydrogen (secondary N) is 1. The van der Waals surface area contributed by atoms with Crippen LogP contribution in [-0.2, 0) is 11.0 Å². The molecule has 2 amide bonds. The van der Waals surface area contributed by atoms with Crippen molar-refractivity contribution in [3.8, 4) is 0 Å². The van der Waals surface area contributed by atoms with Crippen molar-refractivity contribution >= 4 is 17.6 Å². The number of nitrogens with zero attached hydrogens (tertiary/aromatic N) is 2. The van der Waals surface area contributed by atoms with E-state index < -0.39 is 17.8 Å². The molecular weight excluding hydrogens is 289 g/mol. The molecule has 3 N–H and O–H groups in total. The first-order chi connectivity index (χ1) is 9.66. The van der Waals surface area contributed by atoms with Gasteiger partial charge in [-0.05, 0) is 19.1 Å². The van der Waals surface area contributed by atoms with Crippen LogP contribution in [0.2, 0.25) is 0 Å². The minimum absolute atomic E-state index is 0.213. The summed E-state index contributed by atoms with van der Waals surface area (Å²) in [6.45, 7) is 1.90. The first kappa shape index (κ1) is 16.7. The maximum absolute atomic E-state index is 12.6. The molecule has 0 saturated carbocycles. The number of hydrogen-bond acceptors (Lipinski definition) is 4. The molecule has 0 unspecified atom stereocenters. The highest BCUT2D eigenvalue weighted by Crippen LogP contribution is 2.29. The number of anilines is 1. The van der Waals surface area contributed by atoms with Crippen molar-refractivity contribution in [2.24, 2.45) is 5.73 Å². The third kappa shape index (κ3) is 4.33. The molecule has 1 aromatic heterocycles. The standard InChI is InChI=1S/C12H15F3N4O2/c1-3-19(2)9(20)6-17-11-7(10(16)21)4-5-8(18-11)12(13,14)15/h4-5H,3,6H2,1-2H3,(H2,16,21)(H,17,18). The fraction of sp³-hybridized carbons (Fsp3) is 0.417. The van der Waals surface area contributed by atoms with E-state index in [0.717, 1.165) is 6.07 Å². The Hall–Kier alpha value is -2.32. The summed E-state index contributed by atoms with van der Waals surface area (Å²) in [6.07, 6.45) is -4.66. The summed E-state index contributed by atoms with van der Waals surface area (Å²) < 4.78 is 37.8. The van der Waals surface area contributed by atoms with E-state index in [2.05, 4.69) is 10.3 Å². The fourth-order valence-corrected chi connectivity index (χ4v) is 1.42. The highest BCUT2D eigenvalue weighted by molar-refractivity contribution is 5.98. The number of amides is 2. The van der Waals surface area contributed by atoms with Crippen molar-refractivity contribution in [3.63, 3.8) is 0 Å². The molecule has 0 saturated heterocycles. The Bertz CT molecular complexity index is 546. The number of rotatable bonds is 5. The van der Waals surface area contributed by atoms with Gasteiger partial charge in [-0.2, -0.15) is 13.2 Å². The van der Waals surface area contributed by atoms with Gasteiger partial charge in [-0.3, -0.25) is 9.59 Å². The molecule has 0 aliphatic rings. The Kier molecular flexibility index (Phi) is 5.12. The quantitative estimate of drug-likeness (QED) is 0.852. The summed E-state index contributed by atoms with van der Waals surface area (Å²) in [4.78, 5) is 27.5. The molecule has 0 radical (unpaired) electrons. The third-order valence-electron chi connectivity index (χ3n) is 2.76. The zero-order valence-corrected chi connectivity index (χ0v) is 11.5. The van der Waals surface area contributed by atoms with Gasteiger partial charge < -0.3 is 16.0 Å². The first-order valence-corrected chi connectivity index (χ1v) is 6.02. The van der Waals surface area contributed by atoms with Crippen LogP contribution in [0.3, 0.4) is 0 Å². The van der Waals surface area contributed by atoms with Crippen molar-refractivity contribution < 1.29 is 22.8 Å². The lowest BCUT2D eigenvalue weighted by Gasteiger charge is -2.16. The summed E-state index contributed by atoms with van der Waals surface area (Å²) in [5.74, 6) is -1.66. The Morgan fingerprint density at radius 2 is 2.00 bits per heavy atom. The number of pyridine rings is 1. The van der Waals surface area contributed by atoms with E-state index in [1.54, 1.807) is 14.0 Å². The van der Waals surface area contributed by atoms with Gasteiger partial charge in [0.05, 0.1) is 12.1 Å². The van der Waals surface area contributed by atoms with Gasteiger partial charge in [-0.25, -0.2) is 4.98 Å². The molecule has 1 aromatic rings. The second-order valence-corrected chi connectivity index (χ2v) is 4.22. The minimum atomic E-state index is -4.66. The van der Waals surface area contributed by atoms with Gasteiger partial charge in [0.25, 0.3) is 5.91 Å². The number of carbonyl (C=O) groups excluding carboxylic acids is 2. The van der Waals surface area contributed by atoms with Crippen LogP contribution in [0.4, 0.5) is 19.0 Å². The number of halogens is 3. The van der Waals surface area contributed by atoms with Crippen molar-refractivity contribution in [3.05, 3.63) is 23.4 Å². The van der Waals surface area contributed by atoms with Crippen LogP contribution in [0, 0.1) is 0 Å². The van der Waals surface area contributed by atoms with Crippen LogP contribution in [0.1, 0.15) is 23.0 Å². The van der Waals surface area contributed by atoms with E-state index in [1.165, 1.54) is 4.90 Å². The Morgan fingerprint density at radius 3 is 2.48 bits per heavy atom. The van der Waals surface area contributed by atoms with E-state index in [4.69, 9.17) is 5.73 Å². The molecule has 9 heteroatoms. The van der Waals surface area contributed by atoms with Gasteiger partial charge in [0, 0.05) is 13.6 Å². The highest BCUT2D eigenvalue weighted by Gasteiger charge is 2.33. The Labute approximate surface area is 119 Å². The summed E-state index contributed by atoms with van der Waals surface area (Å²) >= 11 is 0. The van der Waals surface area contributed by atoms with Gasteiger partial charge in [-0.1, -0.05) is 0 Å². The van der Waals surface area contributed by atoms with E-state index >= 15 is 0 Å². The highest BCUT2D eigenvalue weighted by atomic mass is 19.4. The summed E-state index contributed by atoms with van der Waals surface area (Å²) in [5, 5.41) is 2.42. The van der Waals surface area contributed by atoms with Crippen LogP contribution in [0.15, 0.2) is 12.1 Å². The summed E-state index contributed by atoms with van der Waals surface area (Å²) in [6, 6.07) is 1.58. The van der Waals surface area contributed by atoms with Crippen molar-refractivity contribution in [1.82, 2.24) is 9.88 Å². The van der Waals surface area contributed by atoms with Crippen LogP contribution in [-0.4, -0.2) is 41.8 Å². The molecule has 0 fully saturated rings. The normalized spacial score (nSPS) is 11.1. The maximum atomic E-state index is 12.6. The zero-order chi connectivity index (χ0) is 16.2. The molecular formula is C12H15F3N4O2. The van der Waals surface area contributed by atoms with Gasteiger partial charge in [0.15, 0.2) is 0 Å². The monoisotopic (exact) mass is 304 g/mol. The molecule has 0 bridgehead atoms. The lowest BCUT2D eigenvalue weighted by molar-refractivity contribution is -0.141. The number of likely N-dealkylation sites (N-methyl/N-ethyl adjacent to an activating group) is 1. The van der Waals surface area contributed by atoms with Crippen molar-refractivity contribution in [2.75, 3.05) is 25.5 Å². The Morgan fingerprint density at radius 1 is 1.38 bits per heavy atom. The minimum Gasteiger partial charge on any atom is -0.365 e. The number of hydrogen-bond donors (Lipinski definition) is 2. The SMILES string of the molecule is CCN(C)C(=O)CNc1nc(C(F)(F)F)ccc1C(N)=O. The lowest BCUT2D eigenvalue weighted by Crippen LogP contribution is -2.32. The summed E-state index contributed by atoms with van der Waals surface area (Å²) in [7, 11) is 1.54. The molecule has 116 valence electrons. The number of aromatic nitrogens is 1. The second-order valence-electron chi connectivity index (χ2n) is 4.22. The molecule has 1 heterocycles. The summed E-state index contributed by atoms with van der Waals surface area (Å²) in [5.41, 5.74) is 3.68. The van der Waals surface area contributed by atoms with Crippen molar-refractivity contribution in [1.29, 1.82) is 0 Å². The molecule has 1 rings (SSSR count). The lowest BCUT2D eigenvalue weighted by atomic mass is 10.2. The van der Waals surface area contributed by atoms with E-state index in [1.807, 2.05) is 0 Å². The molecule has 0 atom stereocenters. The van der Waals surface area contributed by atoms with E-state index in [9.17, 15) is 22.8 Å². The number of alkyl halides is 3. The van der Waals surface area contributed by atoms with Gasteiger partial charge in [0.1, 0.15) is 11.5 Å². The number of carbonyl (C=O) groups is 2. The van der Waals surface area contributed by atoms with E-state index in [0.29, 0.717) is 12.6 Å². The van der Waals surface area contributed by atoms with Gasteiger partial charge in [0.2, 0.25) is 5.91 Å². The largest absolute Gasteiger partial charge is 0.433 e. The van der Waals surface area contributed by atoms with Crippen LogP contribution < -0.4 is 11.1 Å². The Balaban J connectivity index is 3.02. The predicted molar refractivity (Wildman–Crippen MR) is 69.6 cm³/mol. The molecule has 6 nitrogen and oxygen atoms in total. The molecule has 0 aliphatic carbocycles. The number of primary amides is 1. The third-order valence-corrected chi connectivity index (χ3v) is 2.76. The molecule has 0 aromatic carbocycles. The van der Waals surface area contributed by atoms with Crippen molar-refractivity contribution in [2.45, 2.75) is 13.1 Å². The fourth-order valence-electron chi connectivity index (χ4n) is 1.42. The van der Waals surface area contributed by atoms with Crippen LogP contribution >= 0.6 is 0 Å². The molecule has 0 spiro atoms. The number of nitrogens with two attached hydrogens (primary N) is 1. The van der Waals surface area contributed by atoms with Gasteiger partial charge >= 0.3 is 6.18 Å². The van der Waals surface area contributed by atoms with Gasteiger partial charge in [-0.15, -0.1) is 0 Å². The van der Waals surface area contributed by atoms with Crippen LogP contribution in [0.5, 0.6) is 0 Å². The molecule has 0 aliphatic heterocycles. The van der Waals surface area contributed by atoms with E-state index in [-0.39, 0.29) is 23.8 Å². The molecule has 21 heavy (non-hydrogen) atoms. The maximum Gasteiger partial charge on any atom is 0.433 e. The predicted octanol–water partition coefficient (Wildman–Crippen LogP) is 1.09. The smallest absolute Gasteiger partial charge is 0.365 e. The average Bonchev–Trinajstić information content (AvgIpc) is 2.42. The average molecular weight is 304 g/mol. The first-order valence-electron chi connectivity index (χ1n) is 6.02. The second kappa shape index (κ2) is 6.42. The van der Waals surface area contributed by atoms with Crippen LogP contribution in [0.25, 0.3) is 0 Å².